The van der Waals surface area contributed by atoms with Crippen LogP contribution in [-0.4, -0.2) is 38.0 Å². The second-order valence-electron chi connectivity index (χ2n) is 5.30. The fraction of sp³-hybridized carbons (Fsp3) is 0.312. The fourth-order valence-electron chi connectivity index (χ4n) is 2.69. The van der Waals surface area contributed by atoms with E-state index in [4.69, 9.17) is 14.1 Å². The Morgan fingerprint density at radius 1 is 1.14 bits per heavy atom. The molecule has 1 aliphatic heterocycles. The number of pyridine rings is 1. The number of hydrogen-bond acceptors (Lipinski definition) is 5. The Balaban J connectivity index is 1.92. The van der Waals surface area contributed by atoms with Gasteiger partial charge in [0.05, 0.1) is 14.2 Å². The second kappa shape index (κ2) is 6.38. The average molecular weight is 299 g/mol. The Hall–Kier alpha value is -2.05. The van der Waals surface area contributed by atoms with Crippen LogP contribution in [0.2, 0.25) is 6.32 Å². The monoisotopic (exact) mass is 299 g/mol. The van der Waals surface area contributed by atoms with E-state index in [0.717, 1.165) is 16.7 Å². The molecule has 0 aliphatic carbocycles. The SMILES string of the molecule is COc1ccc(-c2cncc([C@@H]3COB(O)C3)c2)cc1OC. The van der Waals surface area contributed by atoms with E-state index in [-0.39, 0.29) is 5.92 Å². The lowest BCUT2D eigenvalue weighted by Crippen LogP contribution is -2.07. The van der Waals surface area contributed by atoms with Gasteiger partial charge >= 0.3 is 7.12 Å². The highest BCUT2D eigenvalue weighted by molar-refractivity contribution is 6.43. The summed E-state index contributed by atoms with van der Waals surface area (Å²) in [6.45, 7) is 0.526. The van der Waals surface area contributed by atoms with Crippen molar-refractivity contribution in [3.8, 4) is 22.6 Å². The van der Waals surface area contributed by atoms with Crippen molar-refractivity contribution in [2.24, 2.45) is 0 Å². The first kappa shape index (κ1) is 14.9. The van der Waals surface area contributed by atoms with Crippen LogP contribution in [0.4, 0.5) is 0 Å². The molecule has 1 saturated heterocycles. The maximum atomic E-state index is 9.50. The van der Waals surface area contributed by atoms with E-state index in [9.17, 15) is 5.02 Å². The Kier molecular flexibility index (Phi) is 4.31. The number of nitrogens with zero attached hydrogens (tertiary/aromatic N) is 1. The van der Waals surface area contributed by atoms with Gasteiger partial charge in [-0.15, -0.1) is 0 Å². The van der Waals surface area contributed by atoms with Crippen molar-refractivity contribution in [3.63, 3.8) is 0 Å². The van der Waals surface area contributed by atoms with Crippen LogP contribution in [0.3, 0.4) is 0 Å². The lowest BCUT2D eigenvalue weighted by atomic mass is 9.80. The summed E-state index contributed by atoms with van der Waals surface area (Å²) in [7, 11) is 2.56. The minimum absolute atomic E-state index is 0.183. The minimum Gasteiger partial charge on any atom is -0.493 e. The van der Waals surface area contributed by atoms with Crippen LogP contribution >= 0.6 is 0 Å². The molecule has 22 heavy (non-hydrogen) atoms. The number of benzene rings is 1. The first-order chi connectivity index (χ1) is 10.7. The maximum Gasteiger partial charge on any atom is 0.454 e. The molecule has 2 heterocycles. The van der Waals surface area contributed by atoms with Crippen LogP contribution < -0.4 is 9.47 Å². The number of ether oxygens (including phenoxy) is 2. The average Bonchev–Trinajstić information content (AvgIpc) is 3.01. The van der Waals surface area contributed by atoms with Crippen LogP contribution in [0.1, 0.15) is 11.5 Å². The highest BCUT2D eigenvalue weighted by atomic mass is 16.5. The molecule has 1 N–H and O–H groups in total. The normalized spacial score (nSPS) is 17.6. The number of rotatable bonds is 4. The van der Waals surface area contributed by atoms with Crippen molar-refractivity contribution < 1.29 is 19.2 Å². The van der Waals surface area contributed by atoms with Crippen molar-refractivity contribution in [1.82, 2.24) is 4.98 Å². The van der Waals surface area contributed by atoms with Gasteiger partial charge in [-0.1, -0.05) is 6.07 Å². The van der Waals surface area contributed by atoms with Crippen LogP contribution in [0, 0.1) is 0 Å². The van der Waals surface area contributed by atoms with Crippen LogP contribution in [0.15, 0.2) is 36.7 Å². The molecular formula is C16H18BNO4. The molecule has 0 spiro atoms. The molecule has 0 bridgehead atoms. The van der Waals surface area contributed by atoms with Gasteiger partial charge in [-0.05, 0) is 35.6 Å². The van der Waals surface area contributed by atoms with Gasteiger partial charge in [0.1, 0.15) is 0 Å². The van der Waals surface area contributed by atoms with Gasteiger partial charge < -0.3 is 19.2 Å². The Bertz CT molecular complexity index is 664. The number of aromatic nitrogens is 1. The first-order valence-electron chi connectivity index (χ1n) is 7.18. The summed E-state index contributed by atoms with van der Waals surface area (Å²) in [6.07, 6.45) is 4.25. The number of methoxy groups -OCH3 is 2. The molecule has 114 valence electrons. The summed E-state index contributed by atoms with van der Waals surface area (Å²) in [5.41, 5.74) is 3.08. The van der Waals surface area contributed by atoms with Gasteiger partial charge in [-0.3, -0.25) is 4.98 Å². The molecule has 1 aliphatic rings. The predicted molar refractivity (Wildman–Crippen MR) is 84.2 cm³/mol. The van der Waals surface area contributed by atoms with Crippen molar-refractivity contribution in [2.45, 2.75) is 12.2 Å². The van der Waals surface area contributed by atoms with Crippen LogP contribution in [0.25, 0.3) is 11.1 Å². The Labute approximate surface area is 130 Å². The summed E-state index contributed by atoms with van der Waals surface area (Å²) in [4.78, 5) is 4.32. The second-order valence-corrected chi connectivity index (χ2v) is 5.30. The molecule has 0 saturated carbocycles. The molecule has 1 aromatic heterocycles. The zero-order chi connectivity index (χ0) is 15.5. The van der Waals surface area contributed by atoms with E-state index < -0.39 is 7.12 Å². The quantitative estimate of drug-likeness (QED) is 0.878. The highest BCUT2D eigenvalue weighted by Gasteiger charge is 2.30. The van der Waals surface area contributed by atoms with E-state index in [2.05, 4.69) is 11.1 Å². The van der Waals surface area contributed by atoms with Crippen molar-refractivity contribution in [3.05, 3.63) is 42.2 Å². The third-order valence-electron chi connectivity index (χ3n) is 3.92. The fourth-order valence-corrected chi connectivity index (χ4v) is 2.69. The summed E-state index contributed by atoms with van der Waals surface area (Å²) in [5, 5.41) is 9.50. The van der Waals surface area contributed by atoms with Gasteiger partial charge in [0.15, 0.2) is 11.5 Å². The molecule has 2 aromatic rings. The summed E-state index contributed by atoms with van der Waals surface area (Å²) >= 11 is 0. The molecule has 0 amide bonds. The molecule has 6 heteroatoms. The summed E-state index contributed by atoms with van der Waals surface area (Å²) < 4.78 is 15.8. The zero-order valence-corrected chi connectivity index (χ0v) is 12.7. The lowest BCUT2D eigenvalue weighted by molar-refractivity contribution is 0.292. The molecule has 0 unspecified atom stereocenters. The van der Waals surface area contributed by atoms with Gasteiger partial charge in [-0.2, -0.15) is 0 Å². The molecule has 1 aromatic carbocycles. The Morgan fingerprint density at radius 2 is 1.95 bits per heavy atom. The molecular weight excluding hydrogens is 281 g/mol. The summed E-state index contributed by atoms with van der Waals surface area (Å²) in [6, 6.07) is 7.87. The smallest absolute Gasteiger partial charge is 0.454 e. The molecule has 1 atom stereocenters. The van der Waals surface area contributed by atoms with E-state index in [1.807, 2.05) is 30.6 Å². The van der Waals surface area contributed by atoms with E-state index in [1.165, 1.54) is 0 Å². The molecule has 1 fully saturated rings. The van der Waals surface area contributed by atoms with Gasteiger partial charge in [0.2, 0.25) is 0 Å². The van der Waals surface area contributed by atoms with Crippen LogP contribution in [0.5, 0.6) is 11.5 Å². The third-order valence-corrected chi connectivity index (χ3v) is 3.92. The lowest BCUT2D eigenvalue weighted by Gasteiger charge is -2.12. The van der Waals surface area contributed by atoms with Gasteiger partial charge in [0.25, 0.3) is 0 Å². The van der Waals surface area contributed by atoms with Crippen molar-refractivity contribution in [2.75, 3.05) is 20.8 Å². The first-order valence-corrected chi connectivity index (χ1v) is 7.18. The molecule has 3 rings (SSSR count). The Morgan fingerprint density at radius 3 is 2.64 bits per heavy atom. The standard InChI is InChI=1S/C16H18BNO4/c1-20-15-4-3-11(6-16(15)21-2)12-5-13(9-18-8-12)14-7-17(19)22-10-14/h3-6,8-9,14,19H,7,10H2,1-2H3/t14-/m0/s1. The van der Waals surface area contributed by atoms with Gasteiger partial charge in [0, 0.05) is 30.5 Å². The zero-order valence-electron chi connectivity index (χ0n) is 12.7. The molecule has 5 nitrogen and oxygen atoms in total. The van der Waals surface area contributed by atoms with Crippen molar-refractivity contribution >= 4 is 7.12 Å². The largest absolute Gasteiger partial charge is 0.493 e. The molecule has 0 radical (unpaired) electrons. The number of hydrogen-bond donors (Lipinski definition) is 1. The van der Waals surface area contributed by atoms with Gasteiger partial charge in [-0.25, -0.2) is 0 Å². The van der Waals surface area contributed by atoms with E-state index in [1.54, 1.807) is 14.2 Å². The van der Waals surface area contributed by atoms with Crippen molar-refractivity contribution in [1.29, 1.82) is 0 Å². The van der Waals surface area contributed by atoms with E-state index >= 15 is 0 Å². The topological polar surface area (TPSA) is 60.8 Å². The third kappa shape index (κ3) is 2.93. The highest BCUT2D eigenvalue weighted by Crippen LogP contribution is 2.34. The van der Waals surface area contributed by atoms with Crippen LogP contribution in [-0.2, 0) is 4.65 Å². The minimum atomic E-state index is -0.672. The van der Waals surface area contributed by atoms with E-state index in [0.29, 0.717) is 24.4 Å². The predicted octanol–water partition coefficient (Wildman–Crippen LogP) is 2.36. The maximum absolute atomic E-state index is 9.50. The summed E-state index contributed by atoms with van der Waals surface area (Å²) in [5.74, 6) is 1.57.